The fourth-order valence-corrected chi connectivity index (χ4v) is 3.79. The molecule has 0 heterocycles. The smallest absolute Gasteiger partial charge is 0.307 e. The Hall–Kier alpha value is -2.68. The first-order valence-electron chi connectivity index (χ1n) is 8.61. The lowest BCUT2D eigenvalue weighted by Gasteiger charge is -2.19. The number of sulfonamides is 1. The topological polar surface area (TPSA) is 102 Å². The van der Waals surface area contributed by atoms with Crippen molar-refractivity contribution in [3.05, 3.63) is 77.3 Å². The maximum absolute atomic E-state index is 12.7. The Balaban J connectivity index is 2.22. The standard InChI is InChI=1S/C20H21ClN2O5S/c1-3-12-22-29(26,27)15-10-8-14(9-11-15)20(25)23-18(13-19(24)28-2)16-6-4-5-7-17(16)21/h3-11,18,22H,1,12-13H2,2H3,(H,23,25). The lowest BCUT2D eigenvalue weighted by molar-refractivity contribution is -0.141. The summed E-state index contributed by atoms with van der Waals surface area (Å²) in [6.07, 6.45) is 1.32. The van der Waals surface area contributed by atoms with Gasteiger partial charge >= 0.3 is 5.97 Å². The van der Waals surface area contributed by atoms with Gasteiger partial charge in [-0.1, -0.05) is 35.9 Å². The number of nitrogens with one attached hydrogen (secondary N) is 2. The number of rotatable bonds is 9. The van der Waals surface area contributed by atoms with Crippen molar-refractivity contribution in [2.24, 2.45) is 0 Å². The van der Waals surface area contributed by atoms with Crippen molar-refractivity contribution in [2.75, 3.05) is 13.7 Å². The first-order valence-corrected chi connectivity index (χ1v) is 10.5. The highest BCUT2D eigenvalue weighted by molar-refractivity contribution is 7.89. The normalized spacial score (nSPS) is 12.1. The van der Waals surface area contributed by atoms with Crippen LogP contribution in [0.15, 0.2) is 66.1 Å². The molecule has 2 aromatic rings. The number of halogens is 1. The van der Waals surface area contributed by atoms with Crippen molar-refractivity contribution in [2.45, 2.75) is 17.4 Å². The third-order valence-electron chi connectivity index (χ3n) is 4.03. The molecule has 1 amide bonds. The summed E-state index contributed by atoms with van der Waals surface area (Å²) in [6, 6.07) is 11.6. The molecule has 29 heavy (non-hydrogen) atoms. The minimum absolute atomic E-state index is 0.0214. The monoisotopic (exact) mass is 436 g/mol. The number of amides is 1. The summed E-state index contributed by atoms with van der Waals surface area (Å²) < 4.78 is 31.3. The minimum Gasteiger partial charge on any atom is -0.469 e. The van der Waals surface area contributed by atoms with Crippen molar-refractivity contribution in [3.8, 4) is 0 Å². The van der Waals surface area contributed by atoms with Crippen LogP contribution in [0.25, 0.3) is 0 Å². The van der Waals surface area contributed by atoms with Crippen LogP contribution < -0.4 is 10.0 Å². The number of hydrogen-bond donors (Lipinski definition) is 2. The Morgan fingerprint density at radius 2 is 1.83 bits per heavy atom. The number of ether oxygens (including phenoxy) is 1. The van der Waals surface area contributed by atoms with Crippen LogP contribution in [0.4, 0.5) is 0 Å². The van der Waals surface area contributed by atoms with Gasteiger partial charge in [0.1, 0.15) is 0 Å². The van der Waals surface area contributed by atoms with Gasteiger partial charge in [0.15, 0.2) is 0 Å². The first kappa shape index (κ1) is 22.6. The van der Waals surface area contributed by atoms with Crippen LogP contribution in [0.3, 0.4) is 0 Å². The minimum atomic E-state index is -3.69. The quantitative estimate of drug-likeness (QED) is 0.465. The van der Waals surface area contributed by atoms with E-state index in [-0.39, 0.29) is 23.4 Å². The predicted molar refractivity (Wildman–Crippen MR) is 110 cm³/mol. The second kappa shape index (κ2) is 10.2. The van der Waals surface area contributed by atoms with Gasteiger partial charge in [-0.3, -0.25) is 9.59 Å². The van der Waals surface area contributed by atoms with Gasteiger partial charge in [-0.05, 0) is 35.9 Å². The Bertz CT molecular complexity index is 990. The maximum Gasteiger partial charge on any atom is 0.307 e. The maximum atomic E-state index is 12.7. The van der Waals surface area contributed by atoms with Crippen molar-refractivity contribution >= 4 is 33.5 Å². The SMILES string of the molecule is C=CCNS(=O)(=O)c1ccc(C(=O)NC(CC(=O)OC)c2ccccc2Cl)cc1. The molecular weight excluding hydrogens is 416 g/mol. The van der Waals surface area contributed by atoms with Crippen LogP contribution in [-0.4, -0.2) is 33.9 Å². The van der Waals surface area contributed by atoms with Crippen LogP contribution in [0.5, 0.6) is 0 Å². The third kappa shape index (κ3) is 6.15. The summed E-state index contributed by atoms with van der Waals surface area (Å²) in [6.45, 7) is 3.55. The summed E-state index contributed by atoms with van der Waals surface area (Å²) >= 11 is 6.20. The molecule has 0 saturated carbocycles. The largest absolute Gasteiger partial charge is 0.469 e. The Labute approximate surface area is 174 Å². The molecule has 0 aromatic heterocycles. The highest BCUT2D eigenvalue weighted by atomic mass is 35.5. The van der Waals surface area contributed by atoms with Gasteiger partial charge in [-0.25, -0.2) is 13.1 Å². The van der Waals surface area contributed by atoms with Gasteiger partial charge in [-0.2, -0.15) is 0 Å². The molecule has 7 nitrogen and oxygen atoms in total. The molecule has 0 bridgehead atoms. The molecule has 0 saturated heterocycles. The van der Waals surface area contributed by atoms with Crippen LogP contribution in [0.1, 0.15) is 28.4 Å². The summed E-state index contributed by atoms with van der Waals surface area (Å²) in [5.74, 6) is -0.994. The average Bonchev–Trinajstić information content (AvgIpc) is 2.72. The van der Waals surface area contributed by atoms with E-state index in [0.717, 1.165) is 0 Å². The van der Waals surface area contributed by atoms with Gasteiger partial charge in [-0.15, -0.1) is 6.58 Å². The molecule has 2 N–H and O–H groups in total. The van der Waals surface area contributed by atoms with E-state index < -0.39 is 27.9 Å². The molecular formula is C20H21ClN2O5S. The summed E-state index contributed by atoms with van der Waals surface area (Å²) in [5.41, 5.74) is 0.801. The second-order valence-corrected chi connectivity index (χ2v) is 8.17. The summed E-state index contributed by atoms with van der Waals surface area (Å²) in [5, 5.41) is 3.15. The first-order chi connectivity index (χ1) is 13.8. The van der Waals surface area contributed by atoms with E-state index in [1.807, 2.05) is 0 Å². The molecule has 0 aliphatic heterocycles. The van der Waals surface area contributed by atoms with Crippen molar-refractivity contribution in [1.29, 1.82) is 0 Å². The molecule has 0 fully saturated rings. The lowest BCUT2D eigenvalue weighted by atomic mass is 10.0. The highest BCUT2D eigenvalue weighted by Gasteiger charge is 2.22. The van der Waals surface area contributed by atoms with Gasteiger partial charge < -0.3 is 10.1 Å². The van der Waals surface area contributed by atoms with Gasteiger partial charge in [0, 0.05) is 17.1 Å². The molecule has 1 unspecified atom stereocenters. The van der Waals surface area contributed by atoms with Gasteiger partial charge in [0.05, 0.1) is 24.5 Å². The number of esters is 1. The van der Waals surface area contributed by atoms with Crippen LogP contribution in [-0.2, 0) is 19.6 Å². The Morgan fingerprint density at radius 1 is 1.17 bits per heavy atom. The van der Waals surface area contributed by atoms with Crippen LogP contribution in [0, 0.1) is 0 Å². The number of carbonyl (C=O) groups excluding carboxylic acids is 2. The molecule has 154 valence electrons. The molecule has 0 radical (unpaired) electrons. The zero-order valence-electron chi connectivity index (χ0n) is 15.7. The predicted octanol–water partition coefficient (Wildman–Crippen LogP) is 2.84. The van der Waals surface area contributed by atoms with Crippen molar-refractivity contribution in [3.63, 3.8) is 0 Å². The van der Waals surface area contributed by atoms with Crippen LogP contribution in [0.2, 0.25) is 5.02 Å². The Morgan fingerprint density at radius 3 is 2.41 bits per heavy atom. The zero-order valence-corrected chi connectivity index (χ0v) is 17.3. The van der Waals surface area contributed by atoms with E-state index in [2.05, 4.69) is 16.6 Å². The zero-order chi connectivity index (χ0) is 21.4. The van der Waals surface area contributed by atoms with E-state index in [1.54, 1.807) is 24.3 Å². The van der Waals surface area contributed by atoms with Gasteiger partial charge in [0.25, 0.3) is 5.91 Å². The summed E-state index contributed by atoms with van der Waals surface area (Å²) in [7, 11) is -2.43. The fourth-order valence-electron chi connectivity index (χ4n) is 2.53. The molecule has 9 heteroatoms. The van der Waals surface area contributed by atoms with E-state index in [9.17, 15) is 18.0 Å². The number of carbonyl (C=O) groups is 2. The van der Waals surface area contributed by atoms with E-state index >= 15 is 0 Å². The molecule has 0 aliphatic rings. The van der Waals surface area contributed by atoms with Crippen molar-refractivity contribution < 1.29 is 22.7 Å². The molecule has 2 aromatic carbocycles. The van der Waals surface area contributed by atoms with Crippen LogP contribution >= 0.6 is 11.6 Å². The fraction of sp³-hybridized carbons (Fsp3) is 0.200. The number of methoxy groups -OCH3 is 1. The van der Waals surface area contributed by atoms with E-state index in [0.29, 0.717) is 10.6 Å². The molecule has 1 atom stereocenters. The van der Waals surface area contributed by atoms with Crippen molar-refractivity contribution in [1.82, 2.24) is 10.0 Å². The molecule has 0 aliphatic carbocycles. The summed E-state index contributed by atoms with van der Waals surface area (Å²) in [4.78, 5) is 24.4. The number of hydrogen-bond acceptors (Lipinski definition) is 5. The Kier molecular flexibility index (Phi) is 7.95. The highest BCUT2D eigenvalue weighted by Crippen LogP contribution is 2.26. The number of benzene rings is 2. The van der Waals surface area contributed by atoms with E-state index in [4.69, 9.17) is 16.3 Å². The van der Waals surface area contributed by atoms with Gasteiger partial charge in [0.2, 0.25) is 10.0 Å². The van der Waals surface area contributed by atoms with E-state index in [1.165, 1.54) is 37.5 Å². The lowest BCUT2D eigenvalue weighted by Crippen LogP contribution is -2.30. The molecule has 2 rings (SSSR count). The average molecular weight is 437 g/mol. The second-order valence-electron chi connectivity index (χ2n) is 5.99. The molecule has 0 spiro atoms. The third-order valence-corrected chi connectivity index (χ3v) is 5.81.